The van der Waals surface area contributed by atoms with Gasteiger partial charge < -0.3 is 13.7 Å². The van der Waals surface area contributed by atoms with Crippen LogP contribution in [0.4, 0.5) is 4.39 Å². The lowest BCUT2D eigenvalue weighted by molar-refractivity contribution is 0.102. The second-order valence-corrected chi connectivity index (χ2v) is 7.67. The number of carbonyl (C=O) groups excluding carboxylic acids is 1. The van der Waals surface area contributed by atoms with Gasteiger partial charge in [0.15, 0.2) is 23.5 Å². The lowest BCUT2D eigenvalue weighted by atomic mass is 10.2. The number of hydrogen-bond acceptors (Lipinski definition) is 6. The molecule has 0 amide bonds. The zero-order chi connectivity index (χ0) is 21.0. The van der Waals surface area contributed by atoms with Crippen molar-refractivity contribution in [2.45, 2.75) is 52.0 Å². The van der Waals surface area contributed by atoms with Crippen molar-refractivity contribution in [3.05, 3.63) is 59.0 Å². The Kier molecular flexibility index (Phi) is 6.74. The van der Waals surface area contributed by atoms with Crippen LogP contribution in [0.1, 0.15) is 54.0 Å². The van der Waals surface area contributed by atoms with Crippen LogP contribution >= 0.6 is 11.8 Å². The molecule has 2 aromatic heterocycles. The number of aryl methyl sites for hydroxylation is 1. The third-order valence-corrected chi connectivity index (χ3v) is 5.38. The van der Waals surface area contributed by atoms with E-state index >= 15 is 0 Å². The fourth-order valence-electron chi connectivity index (χ4n) is 3.08. The Morgan fingerprint density at radius 1 is 1.31 bits per heavy atom. The van der Waals surface area contributed by atoms with Crippen molar-refractivity contribution in [3.8, 4) is 5.75 Å². The standard InChI is InChI=1S/C21H24FN3O3S/c1-5-10-25-13(2)11-16(14(25)3)18(26)12-29-21-24-23-20(28-21)15(4)27-19-9-7-6-8-17(19)22/h6-9,11,15H,5,10,12H2,1-4H3/t15-/m1/s1. The molecular formula is C21H24FN3O3S. The van der Waals surface area contributed by atoms with Gasteiger partial charge >= 0.3 is 0 Å². The molecule has 29 heavy (non-hydrogen) atoms. The van der Waals surface area contributed by atoms with Crippen LogP contribution in [0.5, 0.6) is 5.75 Å². The van der Waals surface area contributed by atoms with E-state index in [0.29, 0.717) is 0 Å². The highest BCUT2D eigenvalue weighted by molar-refractivity contribution is 7.99. The second-order valence-electron chi connectivity index (χ2n) is 6.75. The maximum Gasteiger partial charge on any atom is 0.277 e. The summed E-state index contributed by atoms with van der Waals surface area (Å²) in [6.45, 7) is 8.67. The summed E-state index contributed by atoms with van der Waals surface area (Å²) in [5.74, 6) is 0.0931. The van der Waals surface area contributed by atoms with Crippen LogP contribution in [0, 0.1) is 19.7 Å². The van der Waals surface area contributed by atoms with Crippen LogP contribution in [0.15, 0.2) is 40.0 Å². The number of nitrogens with zero attached hydrogens (tertiary/aromatic N) is 3. The van der Waals surface area contributed by atoms with E-state index in [2.05, 4.69) is 21.7 Å². The number of carbonyl (C=O) groups is 1. The summed E-state index contributed by atoms with van der Waals surface area (Å²) in [5.41, 5.74) is 2.78. The molecule has 3 aromatic rings. The molecule has 0 radical (unpaired) electrons. The summed E-state index contributed by atoms with van der Waals surface area (Å²) in [6, 6.07) is 8.05. The Labute approximate surface area is 173 Å². The van der Waals surface area contributed by atoms with Crippen molar-refractivity contribution in [2.75, 3.05) is 5.75 Å². The normalized spacial score (nSPS) is 12.2. The van der Waals surface area contributed by atoms with Gasteiger partial charge in [-0.2, -0.15) is 0 Å². The highest BCUT2D eigenvalue weighted by Crippen LogP contribution is 2.26. The fraction of sp³-hybridized carbons (Fsp3) is 0.381. The van der Waals surface area contributed by atoms with Gasteiger partial charge in [0.2, 0.25) is 0 Å². The van der Waals surface area contributed by atoms with Crippen molar-refractivity contribution < 1.29 is 18.3 Å². The van der Waals surface area contributed by atoms with Gasteiger partial charge in [-0.25, -0.2) is 4.39 Å². The fourth-order valence-corrected chi connectivity index (χ4v) is 3.73. The number of hydrogen-bond donors (Lipinski definition) is 0. The van der Waals surface area contributed by atoms with E-state index < -0.39 is 11.9 Å². The zero-order valence-electron chi connectivity index (χ0n) is 16.9. The number of ketones is 1. The van der Waals surface area contributed by atoms with E-state index in [9.17, 15) is 9.18 Å². The van der Waals surface area contributed by atoms with Crippen molar-refractivity contribution in [1.82, 2.24) is 14.8 Å². The molecule has 8 heteroatoms. The highest BCUT2D eigenvalue weighted by Gasteiger charge is 2.20. The van der Waals surface area contributed by atoms with E-state index in [1.54, 1.807) is 19.1 Å². The largest absolute Gasteiger partial charge is 0.478 e. The maximum atomic E-state index is 13.7. The smallest absolute Gasteiger partial charge is 0.277 e. The molecule has 6 nitrogen and oxygen atoms in total. The lowest BCUT2D eigenvalue weighted by Crippen LogP contribution is -2.06. The quantitative estimate of drug-likeness (QED) is 0.354. The summed E-state index contributed by atoms with van der Waals surface area (Å²) < 4.78 is 27.0. The predicted octanol–water partition coefficient (Wildman–Crippen LogP) is 5.15. The lowest BCUT2D eigenvalue weighted by Gasteiger charge is -2.11. The van der Waals surface area contributed by atoms with Crippen molar-refractivity contribution in [3.63, 3.8) is 0 Å². The molecular weight excluding hydrogens is 393 g/mol. The third kappa shape index (κ3) is 4.87. The molecule has 0 aliphatic carbocycles. The van der Waals surface area contributed by atoms with E-state index in [0.717, 1.165) is 29.9 Å². The van der Waals surface area contributed by atoms with Crippen LogP contribution in [0.2, 0.25) is 0 Å². The summed E-state index contributed by atoms with van der Waals surface area (Å²) >= 11 is 1.18. The minimum atomic E-state index is -0.613. The number of benzene rings is 1. The summed E-state index contributed by atoms with van der Waals surface area (Å²) in [4.78, 5) is 12.6. The Morgan fingerprint density at radius 2 is 2.07 bits per heavy atom. The molecule has 0 saturated heterocycles. The number of rotatable bonds is 9. The maximum absolute atomic E-state index is 13.7. The summed E-state index contributed by atoms with van der Waals surface area (Å²) in [6.07, 6.45) is 0.397. The average molecular weight is 418 g/mol. The predicted molar refractivity (Wildman–Crippen MR) is 109 cm³/mol. The SMILES string of the molecule is CCCn1c(C)cc(C(=O)CSc2nnc([C@@H](C)Oc3ccccc3F)o2)c1C. The van der Waals surface area contributed by atoms with Crippen LogP contribution in [0.25, 0.3) is 0 Å². The number of thioether (sulfide) groups is 1. The Bertz CT molecular complexity index is 999. The molecule has 0 N–H and O–H groups in total. The molecule has 0 aliphatic rings. The zero-order valence-corrected chi connectivity index (χ0v) is 17.8. The Balaban J connectivity index is 1.61. The van der Waals surface area contributed by atoms with Gasteiger partial charge in [-0.3, -0.25) is 4.79 Å². The van der Waals surface area contributed by atoms with E-state index in [4.69, 9.17) is 9.15 Å². The van der Waals surface area contributed by atoms with E-state index in [1.807, 2.05) is 19.9 Å². The minimum Gasteiger partial charge on any atom is -0.478 e. The molecule has 3 rings (SSSR count). The molecule has 2 heterocycles. The van der Waals surface area contributed by atoms with Gasteiger partial charge in [-0.15, -0.1) is 10.2 Å². The number of ether oxygens (including phenoxy) is 1. The van der Waals surface area contributed by atoms with Gasteiger partial charge in [0.05, 0.1) is 5.75 Å². The van der Waals surface area contributed by atoms with Crippen LogP contribution in [-0.2, 0) is 6.54 Å². The third-order valence-electron chi connectivity index (χ3n) is 4.56. The number of para-hydroxylation sites is 1. The first-order chi connectivity index (χ1) is 13.9. The molecule has 0 bridgehead atoms. The number of aromatic nitrogens is 3. The first-order valence-corrected chi connectivity index (χ1v) is 10.5. The van der Waals surface area contributed by atoms with Crippen LogP contribution in [-0.4, -0.2) is 26.3 Å². The van der Waals surface area contributed by atoms with Crippen LogP contribution < -0.4 is 4.74 Å². The van der Waals surface area contributed by atoms with Gasteiger partial charge in [0.1, 0.15) is 0 Å². The summed E-state index contributed by atoms with van der Waals surface area (Å²) in [5, 5.41) is 8.19. The van der Waals surface area contributed by atoms with Gasteiger partial charge in [-0.05, 0) is 45.4 Å². The minimum absolute atomic E-state index is 0.0147. The molecule has 154 valence electrons. The molecule has 1 atom stereocenters. The average Bonchev–Trinajstić information content (AvgIpc) is 3.28. The Morgan fingerprint density at radius 3 is 2.79 bits per heavy atom. The van der Waals surface area contributed by atoms with Gasteiger partial charge in [-0.1, -0.05) is 30.8 Å². The van der Waals surface area contributed by atoms with Crippen LogP contribution in [0.3, 0.4) is 0 Å². The monoisotopic (exact) mass is 417 g/mol. The molecule has 0 unspecified atom stereocenters. The molecule has 0 fully saturated rings. The van der Waals surface area contributed by atoms with Crippen molar-refractivity contribution in [1.29, 1.82) is 0 Å². The van der Waals surface area contributed by atoms with E-state index in [1.165, 1.54) is 23.9 Å². The van der Waals surface area contributed by atoms with E-state index in [-0.39, 0.29) is 28.4 Å². The number of halogens is 1. The van der Waals surface area contributed by atoms with Crippen molar-refractivity contribution in [2.24, 2.45) is 0 Å². The molecule has 0 saturated carbocycles. The first-order valence-electron chi connectivity index (χ1n) is 9.48. The summed E-state index contributed by atoms with van der Waals surface area (Å²) in [7, 11) is 0. The number of Topliss-reactive ketones (excluding diaryl/α,β-unsaturated/α-hetero) is 1. The molecule has 0 aliphatic heterocycles. The highest BCUT2D eigenvalue weighted by atomic mass is 32.2. The second kappa shape index (κ2) is 9.26. The first kappa shape index (κ1) is 21.1. The van der Waals surface area contributed by atoms with Gasteiger partial charge in [0, 0.05) is 23.5 Å². The topological polar surface area (TPSA) is 70.2 Å². The Hall–Kier alpha value is -2.61. The van der Waals surface area contributed by atoms with Gasteiger partial charge in [0.25, 0.3) is 11.1 Å². The van der Waals surface area contributed by atoms with Crippen molar-refractivity contribution >= 4 is 17.5 Å². The molecule has 1 aromatic carbocycles. The molecule has 0 spiro atoms.